The molecule has 0 unspecified atom stereocenters. The van der Waals surface area contributed by atoms with Crippen LogP contribution < -0.4 is 4.74 Å². The van der Waals surface area contributed by atoms with Crippen molar-refractivity contribution in [2.24, 2.45) is 0 Å². The summed E-state index contributed by atoms with van der Waals surface area (Å²) in [6.07, 6.45) is 0. The molecule has 0 saturated heterocycles. The monoisotopic (exact) mass is 208 g/mol. The predicted molar refractivity (Wildman–Crippen MR) is 60.8 cm³/mol. The third-order valence-electron chi connectivity index (χ3n) is 2.15. The Morgan fingerprint density at radius 3 is 2.75 bits per heavy atom. The Morgan fingerprint density at radius 1 is 1.19 bits per heavy atom. The summed E-state index contributed by atoms with van der Waals surface area (Å²) < 4.78 is 5.56. The molecule has 2 heteroatoms. The van der Waals surface area contributed by atoms with E-state index in [-0.39, 0.29) is 0 Å². The second-order valence-corrected chi connectivity index (χ2v) is 3.34. The zero-order valence-corrected chi connectivity index (χ0v) is 8.68. The van der Waals surface area contributed by atoms with Crippen LogP contribution in [-0.4, -0.2) is 0 Å². The van der Waals surface area contributed by atoms with E-state index in [1.54, 1.807) is 18.2 Å². The number of rotatable bonds is 3. The normalized spacial score (nSPS) is 9.44. The lowest BCUT2D eigenvalue weighted by Crippen LogP contribution is -1.95. The van der Waals surface area contributed by atoms with Gasteiger partial charge < -0.3 is 4.74 Å². The highest BCUT2D eigenvalue weighted by Crippen LogP contribution is 2.12. The zero-order chi connectivity index (χ0) is 11.2. The molecular weight excluding hydrogens is 198 g/mol. The number of nitriles is 1. The average molecular weight is 208 g/mol. The maximum Gasteiger partial charge on any atom is 0.119 e. The van der Waals surface area contributed by atoms with Gasteiger partial charge in [-0.15, -0.1) is 0 Å². The first-order valence-electron chi connectivity index (χ1n) is 4.96. The Kier molecular flexibility index (Phi) is 3.20. The summed E-state index contributed by atoms with van der Waals surface area (Å²) in [6.45, 7) is 0.472. The zero-order valence-electron chi connectivity index (χ0n) is 8.68. The molecule has 0 aliphatic heterocycles. The van der Waals surface area contributed by atoms with E-state index in [0.29, 0.717) is 12.2 Å². The second kappa shape index (κ2) is 4.99. The predicted octanol–water partition coefficient (Wildman–Crippen LogP) is 2.94. The average Bonchev–Trinajstić information content (AvgIpc) is 2.38. The Hall–Kier alpha value is -2.27. The van der Waals surface area contributed by atoms with Gasteiger partial charge in [-0.3, -0.25) is 0 Å². The fourth-order valence-corrected chi connectivity index (χ4v) is 1.37. The van der Waals surface area contributed by atoms with Gasteiger partial charge in [0.05, 0.1) is 11.6 Å². The molecule has 16 heavy (non-hydrogen) atoms. The third-order valence-corrected chi connectivity index (χ3v) is 2.15. The topological polar surface area (TPSA) is 33.0 Å². The van der Waals surface area contributed by atoms with Crippen molar-refractivity contribution in [1.82, 2.24) is 0 Å². The molecule has 2 rings (SSSR count). The molecule has 0 fully saturated rings. The van der Waals surface area contributed by atoms with Crippen LogP contribution in [0.15, 0.2) is 48.5 Å². The van der Waals surface area contributed by atoms with Crippen molar-refractivity contribution in [2.45, 2.75) is 6.61 Å². The minimum Gasteiger partial charge on any atom is -0.489 e. The van der Waals surface area contributed by atoms with E-state index in [2.05, 4.69) is 12.1 Å². The highest BCUT2D eigenvalue weighted by molar-refractivity contribution is 5.32. The van der Waals surface area contributed by atoms with Crippen LogP contribution in [0.3, 0.4) is 0 Å². The highest BCUT2D eigenvalue weighted by Gasteiger charge is 1.96. The fourth-order valence-electron chi connectivity index (χ4n) is 1.37. The van der Waals surface area contributed by atoms with Crippen LogP contribution in [0.5, 0.6) is 5.75 Å². The van der Waals surface area contributed by atoms with Crippen LogP contribution in [0.1, 0.15) is 11.1 Å². The standard InChI is InChI=1S/C14H10NO/c15-10-12-5-4-6-13(9-12)11-16-14-7-2-1-3-8-14/h2-9H,11H2. The van der Waals surface area contributed by atoms with E-state index in [1.807, 2.05) is 30.3 Å². The first-order valence-corrected chi connectivity index (χ1v) is 4.96. The molecule has 2 nitrogen and oxygen atoms in total. The first-order chi connectivity index (χ1) is 7.88. The van der Waals surface area contributed by atoms with E-state index >= 15 is 0 Å². The highest BCUT2D eigenvalue weighted by atomic mass is 16.5. The molecule has 0 spiro atoms. The summed E-state index contributed by atoms with van der Waals surface area (Å²) in [7, 11) is 0. The summed E-state index contributed by atoms with van der Waals surface area (Å²) in [4.78, 5) is 0. The minimum absolute atomic E-state index is 0.472. The van der Waals surface area contributed by atoms with Gasteiger partial charge in [-0.05, 0) is 35.9 Å². The molecule has 0 aliphatic carbocycles. The van der Waals surface area contributed by atoms with Crippen molar-refractivity contribution in [1.29, 1.82) is 5.26 Å². The van der Waals surface area contributed by atoms with Crippen LogP contribution in [0.25, 0.3) is 0 Å². The summed E-state index contributed by atoms with van der Waals surface area (Å²) in [5.41, 5.74) is 1.65. The van der Waals surface area contributed by atoms with Gasteiger partial charge in [0.2, 0.25) is 0 Å². The molecule has 0 atom stereocenters. The number of ether oxygens (including phenoxy) is 1. The van der Waals surface area contributed by atoms with Crippen molar-refractivity contribution in [3.63, 3.8) is 0 Å². The summed E-state index contributed by atoms with van der Waals surface area (Å²) >= 11 is 0. The smallest absolute Gasteiger partial charge is 0.119 e. The van der Waals surface area contributed by atoms with E-state index < -0.39 is 0 Å². The van der Waals surface area contributed by atoms with E-state index in [9.17, 15) is 0 Å². The van der Waals surface area contributed by atoms with Gasteiger partial charge in [0.1, 0.15) is 12.4 Å². The largest absolute Gasteiger partial charge is 0.489 e. The van der Waals surface area contributed by atoms with Crippen LogP contribution in [0, 0.1) is 17.4 Å². The Morgan fingerprint density at radius 2 is 2.00 bits per heavy atom. The molecule has 0 amide bonds. The lowest BCUT2D eigenvalue weighted by Gasteiger charge is -2.05. The van der Waals surface area contributed by atoms with Gasteiger partial charge in [-0.2, -0.15) is 5.26 Å². The van der Waals surface area contributed by atoms with E-state index in [4.69, 9.17) is 10.00 Å². The summed E-state index contributed by atoms with van der Waals surface area (Å²) in [6, 6.07) is 19.8. The number of hydrogen-bond donors (Lipinski definition) is 0. The van der Waals surface area contributed by atoms with Crippen molar-refractivity contribution < 1.29 is 4.74 Å². The lowest BCUT2D eigenvalue weighted by molar-refractivity contribution is 0.306. The second-order valence-electron chi connectivity index (χ2n) is 3.34. The van der Waals surface area contributed by atoms with E-state index in [1.165, 1.54) is 0 Å². The van der Waals surface area contributed by atoms with Gasteiger partial charge in [-0.25, -0.2) is 0 Å². The van der Waals surface area contributed by atoms with Gasteiger partial charge in [0.25, 0.3) is 0 Å². The van der Waals surface area contributed by atoms with Crippen molar-refractivity contribution >= 4 is 0 Å². The van der Waals surface area contributed by atoms with Gasteiger partial charge in [0.15, 0.2) is 0 Å². The molecule has 0 heterocycles. The van der Waals surface area contributed by atoms with Crippen LogP contribution >= 0.6 is 0 Å². The Bertz CT molecular complexity index is 500. The molecule has 0 bridgehead atoms. The van der Waals surface area contributed by atoms with E-state index in [0.717, 1.165) is 11.3 Å². The number of hydrogen-bond acceptors (Lipinski definition) is 2. The molecule has 2 aromatic carbocycles. The molecule has 77 valence electrons. The summed E-state index contributed by atoms with van der Waals surface area (Å²) in [5, 5.41) is 8.75. The van der Waals surface area contributed by atoms with Gasteiger partial charge in [-0.1, -0.05) is 24.3 Å². The molecule has 1 radical (unpaired) electrons. The summed E-state index contributed by atoms with van der Waals surface area (Å²) in [5.74, 6) is 0.807. The lowest BCUT2D eigenvalue weighted by atomic mass is 10.1. The van der Waals surface area contributed by atoms with Crippen LogP contribution in [-0.2, 0) is 6.61 Å². The van der Waals surface area contributed by atoms with Gasteiger partial charge in [0, 0.05) is 0 Å². The Balaban J connectivity index is 2.03. The maximum atomic E-state index is 8.75. The SMILES string of the molecule is N#Cc1cccc(COc2cc[c]cc2)c1. The van der Waals surface area contributed by atoms with Crippen molar-refractivity contribution in [3.8, 4) is 11.8 Å². The first kappa shape index (κ1) is 10.3. The molecule has 0 saturated carbocycles. The number of benzene rings is 2. The molecule has 0 N–H and O–H groups in total. The maximum absolute atomic E-state index is 8.75. The van der Waals surface area contributed by atoms with Crippen LogP contribution in [0.2, 0.25) is 0 Å². The van der Waals surface area contributed by atoms with Crippen molar-refractivity contribution in [3.05, 3.63) is 65.7 Å². The molecular formula is C14H10NO. The molecule has 0 aliphatic rings. The van der Waals surface area contributed by atoms with Gasteiger partial charge >= 0.3 is 0 Å². The Labute approximate surface area is 94.7 Å². The quantitative estimate of drug-likeness (QED) is 0.776. The minimum atomic E-state index is 0.472. The third kappa shape index (κ3) is 2.61. The fraction of sp³-hybridized carbons (Fsp3) is 0.0714. The molecule has 2 aromatic rings. The number of nitrogens with zero attached hydrogens (tertiary/aromatic N) is 1. The van der Waals surface area contributed by atoms with Crippen LogP contribution in [0.4, 0.5) is 0 Å². The van der Waals surface area contributed by atoms with Crippen molar-refractivity contribution in [2.75, 3.05) is 0 Å². The molecule has 0 aromatic heterocycles.